The first kappa shape index (κ1) is 14.6. The first-order valence-electron chi connectivity index (χ1n) is 8.06. The maximum Gasteiger partial charge on any atom is 0.0521 e. The highest BCUT2D eigenvalue weighted by atomic mass is 15.3. The van der Waals surface area contributed by atoms with Gasteiger partial charge in [0.2, 0.25) is 0 Å². The minimum absolute atomic E-state index is 0.744. The van der Waals surface area contributed by atoms with Crippen LogP contribution in [0.4, 0.5) is 0 Å². The van der Waals surface area contributed by atoms with Crippen LogP contribution in [0.5, 0.6) is 0 Å². The Morgan fingerprint density at radius 2 is 2.16 bits per heavy atom. The molecule has 1 aliphatic rings. The molecule has 0 radical (unpaired) electrons. The molecule has 0 aromatic carbocycles. The average molecular weight is 263 g/mol. The molecule has 1 aliphatic carbocycles. The van der Waals surface area contributed by atoms with E-state index in [-0.39, 0.29) is 0 Å². The van der Waals surface area contributed by atoms with Crippen LogP contribution >= 0.6 is 0 Å². The zero-order valence-corrected chi connectivity index (χ0v) is 12.6. The van der Waals surface area contributed by atoms with Gasteiger partial charge in [0.25, 0.3) is 0 Å². The lowest BCUT2D eigenvalue weighted by atomic mass is 9.92. The molecule has 1 saturated carbocycles. The number of rotatable bonds is 6. The third kappa shape index (κ3) is 4.64. The Hall–Kier alpha value is -0.830. The van der Waals surface area contributed by atoms with E-state index in [4.69, 9.17) is 0 Å². The molecule has 1 heterocycles. The van der Waals surface area contributed by atoms with Crippen molar-refractivity contribution in [1.29, 1.82) is 0 Å². The molecule has 0 saturated heterocycles. The summed E-state index contributed by atoms with van der Waals surface area (Å²) in [6, 6.07) is 0.744. The molecule has 0 bridgehead atoms. The molecule has 1 aromatic rings. The van der Waals surface area contributed by atoms with Crippen LogP contribution in [-0.2, 0) is 13.0 Å². The molecule has 0 spiro atoms. The van der Waals surface area contributed by atoms with Gasteiger partial charge in [-0.05, 0) is 50.6 Å². The van der Waals surface area contributed by atoms with E-state index in [1.807, 2.05) is 4.68 Å². The molecule has 1 fully saturated rings. The quantitative estimate of drug-likeness (QED) is 0.797. The summed E-state index contributed by atoms with van der Waals surface area (Å²) in [6.45, 7) is 6.55. The van der Waals surface area contributed by atoms with Crippen LogP contribution in [0, 0.1) is 5.92 Å². The second-order valence-corrected chi connectivity index (χ2v) is 5.95. The number of hydrogen-bond donors (Lipinski definition) is 1. The summed E-state index contributed by atoms with van der Waals surface area (Å²) < 4.78 is 2.04. The normalized spacial score (nSPS) is 24.3. The molecule has 2 atom stereocenters. The fourth-order valence-electron chi connectivity index (χ4n) is 3.20. The SMILES string of the molecule is CCCNC1CCCCC(Cc2cnn(CC)c2)C1. The Balaban J connectivity index is 1.86. The van der Waals surface area contributed by atoms with E-state index in [2.05, 4.69) is 36.7 Å². The van der Waals surface area contributed by atoms with Gasteiger partial charge in [0.1, 0.15) is 0 Å². The predicted octanol–water partition coefficient (Wildman–Crippen LogP) is 3.39. The molecular formula is C16H29N3. The van der Waals surface area contributed by atoms with Gasteiger partial charge in [-0.1, -0.05) is 26.2 Å². The Morgan fingerprint density at radius 1 is 1.32 bits per heavy atom. The van der Waals surface area contributed by atoms with Crippen LogP contribution in [0.1, 0.15) is 57.9 Å². The van der Waals surface area contributed by atoms with Crippen molar-refractivity contribution >= 4 is 0 Å². The van der Waals surface area contributed by atoms with Crippen molar-refractivity contribution < 1.29 is 0 Å². The lowest BCUT2D eigenvalue weighted by molar-refractivity contribution is 0.384. The maximum atomic E-state index is 4.39. The van der Waals surface area contributed by atoms with Crippen molar-refractivity contribution in [2.75, 3.05) is 6.54 Å². The highest BCUT2D eigenvalue weighted by Crippen LogP contribution is 2.26. The average Bonchev–Trinajstić information content (AvgIpc) is 2.75. The molecule has 2 unspecified atom stereocenters. The minimum atomic E-state index is 0.744. The number of aryl methyl sites for hydroxylation is 1. The van der Waals surface area contributed by atoms with Crippen LogP contribution in [0.2, 0.25) is 0 Å². The van der Waals surface area contributed by atoms with Crippen LogP contribution in [0.3, 0.4) is 0 Å². The highest BCUT2D eigenvalue weighted by molar-refractivity contribution is 5.05. The van der Waals surface area contributed by atoms with Crippen molar-refractivity contribution in [2.24, 2.45) is 5.92 Å². The summed E-state index contributed by atoms with van der Waals surface area (Å²) >= 11 is 0. The molecular weight excluding hydrogens is 234 g/mol. The molecule has 3 heteroatoms. The van der Waals surface area contributed by atoms with Crippen LogP contribution in [0.25, 0.3) is 0 Å². The van der Waals surface area contributed by atoms with Crippen LogP contribution in [-0.4, -0.2) is 22.4 Å². The lowest BCUT2D eigenvalue weighted by Crippen LogP contribution is -2.31. The summed E-state index contributed by atoms with van der Waals surface area (Å²) in [6.07, 6.45) is 13.6. The maximum absolute atomic E-state index is 4.39. The van der Waals surface area contributed by atoms with E-state index < -0.39 is 0 Å². The summed E-state index contributed by atoms with van der Waals surface area (Å²) in [5, 5.41) is 8.12. The molecule has 2 rings (SSSR count). The largest absolute Gasteiger partial charge is 0.314 e. The molecule has 0 amide bonds. The Labute approximate surface area is 117 Å². The standard InChI is InChI=1S/C16H29N3/c1-3-9-17-16-8-6-5-7-14(11-16)10-15-12-18-19(4-2)13-15/h12-14,16-17H,3-11H2,1-2H3. The molecule has 1 aromatic heterocycles. The Bertz CT molecular complexity index is 359. The smallest absolute Gasteiger partial charge is 0.0521 e. The van der Waals surface area contributed by atoms with Gasteiger partial charge in [-0.15, -0.1) is 0 Å². The topological polar surface area (TPSA) is 29.9 Å². The zero-order chi connectivity index (χ0) is 13.5. The van der Waals surface area contributed by atoms with Gasteiger partial charge in [0.15, 0.2) is 0 Å². The summed E-state index contributed by atoms with van der Waals surface area (Å²) in [7, 11) is 0. The zero-order valence-electron chi connectivity index (χ0n) is 12.6. The van der Waals surface area contributed by atoms with Gasteiger partial charge in [0, 0.05) is 18.8 Å². The number of aromatic nitrogens is 2. The van der Waals surface area contributed by atoms with Crippen LogP contribution < -0.4 is 5.32 Å². The second-order valence-electron chi connectivity index (χ2n) is 5.95. The summed E-state index contributed by atoms with van der Waals surface area (Å²) in [4.78, 5) is 0. The van der Waals surface area contributed by atoms with E-state index in [0.29, 0.717) is 0 Å². The minimum Gasteiger partial charge on any atom is -0.314 e. The molecule has 0 aliphatic heterocycles. The lowest BCUT2D eigenvalue weighted by Gasteiger charge is -2.20. The molecule has 108 valence electrons. The molecule has 1 N–H and O–H groups in total. The second kappa shape index (κ2) is 7.68. The number of nitrogens with one attached hydrogen (secondary N) is 1. The van der Waals surface area contributed by atoms with Crippen molar-refractivity contribution in [1.82, 2.24) is 15.1 Å². The van der Waals surface area contributed by atoms with Gasteiger partial charge in [-0.3, -0.25) is 4.68 Å². The fourth-order valence-corrected chi connectivity index (χ4v) is 3.20. The van der Waals surface area contributed by atoms with Gasteiger partial charge in [-0.2, -0.15) is 5.10 Å². The van der Waals surface area contributed by atoms with Crippen molar-refractivity contribution in [3.63, 3.8) is 0 Å². The van der Waals surface area contributed by atoms with E-state index in [1.54, 1.807) is 0 Å². The van der Waals surface area contributed by atoms with Gasteiger partial charge < -0.3 is 5.32 Å². The molecule has 19 heavy (non-hydrogen) atoms. The van der Waals surface area contributed by atoms with Crippen LogP contribution in [0.15, 0.2) is 12.4 Å². The summed E-state index contributed by atoms with van der Waals surface area (Å²) in [5.41, 5.74) is 1.42. The number of nitrogens with zero attached hydrogens (tertiary/aromatic N) is 2. The van der Waals surface area contributed by atoms with Crippen molar-refractivity contribution in [3.8, 4) is 0 Å². The van der Waals surface area contributed by atoms with Gasteiger partial charge in [0.05, 0.1) is 6.20 Å². The van der Waals surface area contributed by atoms with E-state index in [9.17, 15) is 0 Å². The van der Waals surface area contributed by atoms with E-state index in [0.717, 1.165) is 18.5 Å². The fraction of sp³-hybridized carbons (Fsp3) is 0.812. The predicted molar refractivity (Wildman–Crippen MR) is 80.3 cm³/mol. The van der Waals surface area contributed by atoms with E-state index in [1.165, 1.54) is 57.1 Å². The first-order chi connectivity index (χ1) is 9.31. The van der Waals surface area contributed by atoms with Gasteiger partial charge >= 0.3 is 0 Å². The van der Waals surface area contributed by atoms with Crippen molar-refractivity contribution in [3.05, 3.63) is 18.0 Å². The highest BCUT2D eigenvalue weighted by Gasteiger charge is 2.20. The monoisotopic (exact) mass is 263 g/mol. The molecule has 3 nitrogen and oxygen atoms in total. The van der Waals surface area contributed by atoms with E-state index >= 15 is 0 Å². The Morgan fingerprint density at radius 3 is 2.89 bits per heavy atom. The first-order valence-corrected chi connectivity index (χ1v) is 8.06. The third-order valence-corrected chi connectivity index (χ3v) is 4.25. The summed E-state index contributed by atoms with van der Waals surface area (Å²) in [5.74, 6) is 0.839. The van der Waals surface area contributed by atoms with Crippen molar-refractivity contribution in [2.45, 2.75) is 71.4 Å². The Kier molecular flexibility index (Phi) is 5.90. The third-order valence-electron chi connectivity index (χ3n) is 4.25. The van der Waals surface area contributed by atoms with Gasteiger partial charge in [-0.25, -0.2) is 0 Å². The number of hydrogen-bond acceptors (Lipinski definition) is 2.